The molecule has 0 spiro atoms. The first-order valence-electron chi connectivity index (χ1n) is 3.38. The summed E-state index contributed by atoms with van der Waals surface area (Å²) in [5, 5.41) is 0.613. The van der Waals surface area contributed by atoms with Crippen LogP contribution in [0.15, 0.2) is 12.4 Å². The summed E-state index contributed by atoms with van der Waals surface area (Å²) in [5.41, 5.74) is 1.77. The number of hydrogen-bond acceptors (Lipinski definition) is 2. The van der Waals surface area contributed by atoms with Crippen molar-refractivity contribution in [1.82, 2.24) is 14.5 Å². The second kappa shape index (κ2) is 2.57. The molecular weight excluding hydrogens is 194 g/mol. The van der Waals surface area contributed by atoms with E-state index in [0.717, 1.165) is 11.0 Å². The number of aromatic nitrogens is 3. The first-order valence-corrected chi connectivity index (χ1v) is 4.17. The Morgan fingerprint density at radius 1 is 1.58 bits per heavy atom. The number of H-pyrrole nitrogens is 1. The maximum atomic E-state index is 5.93. The summed E-state index contributed by atoms with van der Waals surface area (Å²) in [4.78, 5) is 6.94. The van der Waals surface area contributed by atoms with Crippen LogP contribution in [-0.4, -0.2) is 14.5 Å². The Hall–Kier alpha value is -0.870. The number of imidazole rings is 1. The van der Waals surface area contributed by atoms with Gasteiger partial charge in [0.25, 0.3) is 0 Å². The smallest absolute Gasteiger partial charge is 0.177 e. The highest BCUT2D eigenvalue weighted by Crippen LogP contribution is 2.20. The number of aromatic amines is 1. The number of nitrogens with one attached hydrogen (secondary N) is 1. The number of pyridine rings is 1. The van der Waals surface area contributed by atoms with Crippen molar-refractivity contribution in [2.75, 3.05) is 0 Å². The minimum absolute atomic E-state index is 0.613. The van der Waals surface area contributed by atoms with Crippen LogP contribution in [0, 0.1) is 4.77 Å². The fourth-order valence-electron chi connectivity index (χ4n) is 1.16. The van der Waals surface area contributed by atoms with E-state index in [1.807, 2.05) is 11.6 Å². The van der Waals surface area contributed by atoms with E-state index >= 15 is 0 Å². The third-order valence-electron chi connectivity index (χ3n) is 1.75. The average molecular weight is 200 g/mol. The molecule has 3 nitrogen and oxygen atoms in total. The predicted molar refractivity (Wildman–Crippen MR) is 50.9 cm³/mol. The van der Waals surface area contributed by atoms with Crippen LogP contribution >= 0.6 is 23.8 Å². The highest BCUT2D eigenvalue weighted by atomic mass is 35.5. The van der Waals surface area contributed by atoms with E-state index in [1.165, 1.54) is 0 Å². The van der Waals surface area contributed by atoms with Gasteiger partial charge in [0, 0.05) is 13.2 Å². The molecule has 0 aliphatic heterocycles. The average Bonchev–Trinajstić information content (AvgIpc) is 2.29. The molecule has 0 atom stereocenters. The lowest BCUT2D eigenvalue weighted by atomic mass is 10.4. The van der Waals surface area contributed by atoms with Crippen LogP contribution in [0.5, 0.6) is 0 Å². The summed E-state index contributed by atoms with van der Waals surface area (Å²) in [6, 6.07) is 0. The van der Waals surface area contributed by atoms with Crippen LogP contribution in [0.4, 0.5) is 0 Å². The zero-order valence-electron chi connectivity index (χ0n) is 6.34. The lowest BCUT2D eigenvalue weighted by Crippen LogP contribution is -1.87. The Kier molecular flexibility index (Phi) is 1.66. The van der Waals surface area contributed by atoms with E-state index in [1.54, 1.807) is 12.4 Å². The minimum atomic E-state index is 0.613. The molecule has 2 aromatic rings. The van der Waals surface area contributed by atoms with Gasteiger partial charge in [-0.3, -0.25) is 4.98 Å². The molecular formula is C7H6ClN3S. The summed E-state index contributed by atoms with van der Waals surface area (Å²) >= 11 is 11.0. The van der Waals surface area contributed by atoms with Crippen molar-refractivity contribution >= 4 is 34.9 Å². The van der Waals surface area contributed by atoms with Crippen LogP contribution in [0.25, 0.3) is 11.0 Å². The molecule has 0 radical (unpaired) electrons. The van der Waals surface area contributed by atoms with Crippen molar-refractivity contribution in [2.24, 2.45) is 7.05 Å². The molecule has 0 saturated heterocycles. The molecule has 0 amide bonds. The van der Waals surface area contributed by atoms with E-state index in [9.17, 15) is 0 Å². The van der Waals surface area contributed by atoms with Gasteiger partial charge in [-0.2, -0.15) is 0 Å². The maximum Gasteiger partial charge on any atom is 0.177 e. The normalized spacial score (nSPS) is 10.8. The molecule has 0 unspecified atom stereocenters. The fourth-order valence-corrected chi connectivity index (χ4v) is 1.65. The van der Waals surface area contributed by atoms with E-state index in [0.29, 0.717) is 9.79 Å². The summed E-state index contributed by atoms with van der Waals surface area (Å²) in [6.45, 7) is 0. The van der Waals surface area contributed by atoms with Crippen molar-refractivity contribution in [3.05, 3.63) is 22.2 Å². The summed E-state index contributed by atoms with van der Waals surface area (Å²) in [6.07, 6.45) is 3.31. The monoisotopic (exact) mass is 199 g/mol. The summed E-state index contributed by atoms with van der Waals surface area (Å²) in [5.74, 6) is 0. The first-order chi connectivity index (χ1) is 5.70. The van der Waals surface area contributed by atoms with Gasteiger partial charge < -0.3 is 9.55 Å². The van der Waals surface area contributed by atoms with Crippen molar-refractivity contribution in [1.29, 1.82) is 0 Å². The van der Waals surface area contributed by atoms with E-state index in [4.69, 9.17) is 23.8 Å². The molecule has 2 aromatic heterocycles. The van der Waals surface area contributed by atoms with Crippen molar-refractivity contribution in [2.45, 2.75) is 0 Å². The van der Waals surface area contributed by atoms with Crippen LogP contribution in [0.1, 0.15) is 0 Å². The van der Waals surface area contributed by atoms with Crippen LogP contribution in [0.2, 0.25) is 5.02 Å². The van der Waals surface area contributed by atoms with Gasteiger partial charge in [0.1, 0.15) is 0 Å². The van der Waals surface area contributed by atoms with Gasteiger partial charge in [-0.25, -0.2) is 0 Å². The molecule has 0 aliphatic carbocycles. The van der Waals surface area contributed by atoms with Gasteiger partial charge in [0.15, 0.2) is 4.77 Å². The van der Waals surface area contributed by atoms with Gasteiger partial charge in [0.05, 0.1) is 22.3 Å². The number of aryl methyl sites for hydroxylation is 1. The molecule has 12 heavy (non-hydrogen) atoms. The van der Waals surface area contributed by atoms with Gasteiger partial charge in [-0.15, -0.1) is 0 Å². The Bertz CT molecular complexity index is 485. The first kappa shape index (κ1) is 7.76. The molecule has 0 aromatic carbocycles. The molecule has 0 aliphatic rings. The molecule has 2 rings (SSSR count). The number of halogens is 1. The molecule has 0 saturated carbocycles. The van der Waals surface area contributed by atoms with Gasteiger partial charge in [-0.1, -0.05) is 11.6 Å². The standard InChI is InChI=1S/C7H6ClN3S/c1-11-6-4(8)2-9-3-5(6)10-7(11)12/h2-3H,1H3,(H,10,12). The Labute approximate surface area is 79.0 Å². The van der Waals surface area contributed by atoms with Crippen LogP contribution in [-0.2, 0) is 7.05 Å². The van der Waals surface area contributed by atoms with Crippen LogP contribution in [0.3, 0.4) is 0 Å². The Balaban J connectivity index is 3.07. The Morgan fingerprint density at radius 2 is 2.33 bits per heavy atom. The van der Waals surface area contributed by atoms with Crippen molar-refractivity contribution < 1.29 is 0 Å². The topological polar surface area (TPSA) is 33.6 Å². The fraction of sp³-hybridized carbons (Fsp3) is 0.143. The maximum absolute atomic E-state index is 5.93. The zero-order chi connectivity index (χ0) is 8.72. The Morgan fingerprint density at radius 3 is 3.00 bits per heavy atom. The molecule has 0 bridgehead atoms. The SMILES string of the molecule is Cn1c(=S)[nH]c2cncc(Cl)c21. The molecule has 2 heterocycles. The highest BCUT2D eigenvalue weighted by Gasteiger charge is 2.04. The molecule has 5 heteroatoms. The van der Waals surface area contributed by atoms with Gasteiger partial charge in [0.2, 0.25) is 0 Å². The molecule has 0 fully saturated rings. The minimum Gasteiger partial charge on any atom is -0.329 e. The highest BCUT2D eigenvalue weighted by molar-refractivity contribution is 7.71. The lowest BCUT2D eigenvalue weighted by molar-refractivity contribution is 0.927. The second-order valence-electron chi connectivity index (χ2n) is 2.51. The number of hydrogen-bond donors (Lipinski definition) is 1. The van der Waals surface area contributed by atoms with E-state index in [-0.39, 0.29) is 0 Å². The third kappa shape index (κ3) is 0.956. The van der Waals surface area contributed by atoms with Crippen molar-refractivity contribution in [3.8, 4) is 0 Å². The largest absolute Gasteiger partial charge is 0.329 e. The number of fused-ring (bicyclic) bond motifs is 1. The lowest BCUT2D eigenvalue weighted by Gasteiger charge is -1.95. The number of nitrogens with zero attached hydrogens (tertiary/aromatic N) is 2. The summed E-state index contributed by atoms with van der Waals surface area (Å²) < 4.78 is 2.48. The molecule has 62 valence electrons. The van der Waals surface area contributed by atoms with Gasteiger partial charge in [-0.05, 0) is 12.2 Å². The van der Waals surface area contributed by atoms with E-state index < -0.39 is 0 Å². The molecule has 1 N–H and O–H groups in total. The number of rotatable bonds is 0. The zero-order valence-corrected chi connectivity index (χ0v) is 7.91. The van der Waals surface area contributed by atoms with E-state index in [2.05, 4.69) is 9.97 Å². The summed E-state index contributed by atoms with van der Waals surface area (Å²) in [7, 11) is 1.87. The van der Waals surface area contributed by atoms with Crippen molar-refractivity contribution in [3.63, 3.8) is 0 Å². The predicted octanol–water partition coefficient (Wildman–Crippen LogP) is 2.28. The quantitative estimate of drug-likeness (QED) is 0.661. The van der Waals surface area contributed by atoms with Gasteiger partial charge >= 0.3 is 0 Å². The van der Waals surface area contributed by atoms with Crippen LogP contribution < -0.4 is 0 Å². The third-order valence-corrected chi connectivity index (χ3v) is 2.41. The second-order valence-corrected chi connectivity index (χ2v) is 3.30.